The van der Waals surface area contributed by atoms with Crippen LogP contribution in [0.25, 0.3) is 95.9 Å². The van der Waals surface area contributed by atoms with E-state index in [1.807, 2.05) is 36.6 Å². The molecule has 0 amide bonds. The van der Waals surface area contributed by atoms with Gasteiger partial charge in [0.2, 0.25) is 0 Å². The molecule has 0 N–H and O–H groups in total. The zero-order valence-electron chi connectivity index (χ0n) is 23.4. The molecule has 0 bridgehead atoms. The van der Waals surface area contributed by atoms with Gasteiger partial charge in [-0.05, 0) is 54.0 Å². The van der Waals surface area contributed by atoms with Crippen LogP contribution in [-0.2, 0) is 0 Å². The molecular formula is C37H19N3O2S3. The maximum atomic E-state index is 6.65. The predicted molar refractivity (Wildman–Crippen MR) is 187 cm³/mol. The Hall–Kier alpha value is -5.15. The average molecular weight is 634 g/mol. The summed E-state index contributed by atoms with van der Waals surface area (Å²) in [5.74, 6) is 1.63. The third-order valence-electron chi connectivity index (χ3n) is 8.32. The fourth-order valence-electron chi connectivity index (χ4n) is 6.31. The standard InChI is InChI=1S/C37H19N3O2S3/c1-3-10-22-21(9-1)19-41-35(22)36-32(27-18-20-8-2-5-13-26(20)42-27)33-29(43-36)17-16-24(37-38-25-12-4-6-14-28(25)44-37)31(33)23-11-7-15-30-34(23)39-40-45-30/h1-19H. The van der Waals surface area contributed by atoms with Gasteiger partial charge in [-0.2, -0.15) is 0 Å². The third-order valence-corrected chi connectivity index (χ3v) is 11.2. The SMILES string of the molecule is c1ccc2oc(-c3c(-c4occ5ccccc45)sc4ccc(-c5nc6ccccc6s5)c(-c5cccc6snnc56)c34)cc2c1. The van der Waals surface area contributed by atoms with Gasteiger partial charge in [-0.25, -0.2) is 4.98 Å². The fourth-order valence-corrected chi connectivity index (χ4v) is 9.11. The van der Waals surface area contributed by atoms with Gasteiger partial charge in [0.25, 0.3) is 0 Å². The Bertz CT molecular complexity index is 2680. The highest BCUT2D eigenvalue weighted by Gasteiger charge is 2.28. The molecule has 0 spiro atoms. The van der Waals surface area contributed by atoms with Crippen LogP contribution in [-0.4, -0.2) is 14.6 Å². The maximum absolute atomic E-state index is 6.65. The first-order valence-corrected chi connectivity index (χ1v) is 16.8. The molecule has 5 aromatic carbocycles. The predicted octanol–water partition coefficient (Wildman–Crippen LogP) is 11.7. The van der Waals surface area contributed by atoms with E-state index in [1.54, 1.807) is 22.7 Å². The van der Waals surface area contributed by atoms with Gasteiger partial charge in [-0.3, -0.25) is 0 Å². The van der Waals surface area contributed by atoms with Crippen LogP contribution in [0.4, 0.5) is 0 Å². The minimum atomic E-state index is 0.796. The summed E-state index contributed by atoms with van der Waals surface area (Å²) in [4.78, 5) is 6.15. The number of hydrogen-bond donors (Lipinski definition) is 0. The number of benzene rings is 5. The van der Waals surface area contributed by atoms with Gasteiger partial charge in [0.1, 0.15) is 21.9 Å². The highest BCUT2D eigenvalue weighted by atomic mass is 32.1. The molecule has 0 saturated heterocycles. The van der Waals surface area contributed by atoms with Crippen molar-refractivity contribution in [3.05, 3.63) is 115 Å². The van der Waals surface area contributed by atoms with E-state index in [-0.39, 0.29) is 0 Å². The molecule has 0 aliphatic rings. The summed E-state index contributed by atoms with van der Waals surface area (Å²) in [5.41, 5.74) is 6.86. The van der Waals surface area contributed by atoms with Crippen molar-refractivity contribution in [1.29, 1.82) is 0 Å². The van der Waals surface area contributed by atoms with Gasteiger partial charge in [0.05, 0.1) is 26.1 Å². The van der Waals surface area contributed by atoms with Crippen LogP contribution in [0.5, 0.6) is 0 Å². The van der Waals surface area contributed by atoms with E-state index >= 15 is 0 Å². The third kappa shape index (κ3) is 3.80. The van der Waals surface area contributed by atoms with Gasteiger partial charge < -0.3 is 8.83 Å². The summed E-state index contributed by atoms with van der Waals surface area (Å²) in [6.45, 7) is 0. The molecule has 10 aromatic rings. The second-order valence-corrected chi connectivity index (χ2v) is 13.7. The number of thiazole rings is 1. The number of aromatic nitrogens is 3. The summed E-state index contributed by atoms with van der Waals surface area (Å²) in [6, 6.07) is 37.7. The highest BCUT2D eigenvalue weighted by molar-refractivity contribution is 7.23. The number of fused-ring (bicyclic) bond motifs is 5. The number of rotatable bonds is 4. The van der Waals surface area contributed by atoms with Crippen molar-refractivity contribution in [2.45, 2.75) is 0 Å². The van der Waals surface area contributed by atoms with Crippen molar-refractivity contribution in [1.82, 2.24) is 14.6 Å². The molecule has 45 heavy (non-hydrogen) atoms. The van der Waals surface area contributed by atoms with Crippen LogP contribution in [0, 0.1) is 0 Å². The minimum Gasteiger partial charge on any atom is -0.462 e. The van der Waals surface area contributed by atoms with Crippen LogP contribution in [0.15, 0.2) is 124 Å². The van der Waals surface area contributed by atoms with Crippen LogP contribution in [0.3, 0.4) is 0 Å². The summed E-state index contributed by atoms with van der Waals surface area (Å²) >= 11 is 4.84. The molecule has 212 valence electrons. The lowest BCUT2D eigenvalue weighted by atomic mass is 9.92. The van der Waals surface area contributed by atoms with Gasteiger partial charge in [0.15, 0.2) is 5.76 Å². The summed E-state index contributed by atoms with van der Waals surface area (Å²) in [6.07, 6.45) is 1.84. The molecular weight excluding hydrogens is 615 g/mol. The molecule has 0 radical (unpaired) electrons. The normalized spacial score (nSPS) is 12.0. The second kappa shape index (κ2) is 9.67. The van der Waals surface area contributed by atoms with Crippen molar-refractivity contribution < 1.29 is 8.83 Å². The van der Waals surface area contributed by atoms with Crippen molar-refractivity contribution in [3.63, 3.8) is 0 Å². The van der Waals surface area contributed by atoms with Crippen molar-refractivity contribution in [2.75, 3.05) is 0 Å². The largest absolute Gasteiger partial charge is 0.462 e. The van der Waals surface area contributed by atoms with E-state index in [1.165, 1.54) is 11.5 Å². The van der Waals surface area contributed by atoms with Gasteiger partial charge >= 0.3 is 0 Å². The highest BCUT2D eigenvalue weighted by Crippen LogP contribution is 2.54. The Kier molecular flexibility index (Phi) is 5.42. The van der Waals surface area contributed by atoms with E-state index in [9.17, 15) is 0 Å². The number of nitrogens with zero attached hydrogens (tertiary/aromatic N) is 3. The molecule has 5 aromatic heterocycles. The van der Waals surface area contributed by atoms with E-state index in [4.69, 9.17) is 13.8 Å². The van der Waals surface area contributed by atoms with E-state index in [0.717, 1.165) is 95.9 Å². The fraction of sp³-hybridized carbons (Fsp3) is 0. The average Bonchev–Trinajstić information content (AvgIpc) is 3.91. The maximum Gasteiger partial charge on any atom is 0.152 e. The first-order chi connectivity index (χ1) is 22.3. The Morgan fingerprint density at radius 3 is 2.42 bits per heavy atom. The van der Waals surface area contributed by atoms with Crippen molar-refractivity contribution >= 4 is 86.5 Å². The van der Waals surface area contributed by atoms with Crippen LogP contribution >= 0.6 is 34.2 Å². The lowest BCUT2D eigenvalue weighted by Crippen LogP contribution is -1.89. The Morgan fingerprint density at radius 1 is 0.644 bits per heavy atom. The molecule has 8 heteroatoms. The number of hydrogen-bond acceptors (Lipinski definition) is 8. The molecule has 0 fully saturated rings. The molecule has 0 aliphatic carbocycles. The Labute approximate surface area is 267 Å². The van der Waals surface area contributed by atoms with Gasteiger partial charge in [0, 0.05) is 48.5 Å². The first kappa shape index (κ1) is 25.2. The quantitative estimate of drug-likeness (QED) is 0.193. The van der Waals surface area contributed by atoms with Crippen molar-refractivity contribution in [3.8, 4) is 43.7 Å². The first-order valence-electron chi connectivity index (χ1n) is 14.4. The zero-order valence-corrected chi connectivity index (χ0v) is 25.8. The van der Waals surface area contributed by atoms with Crippen LogP contribution in [0.1, 0.15) is 0 Å². The smallest absolute Gasteiger partial charge is 0.152 e. The van der Waals surface area contributed by atoms with E-state index < -0.39 is 0 Å². The number of thiophene rings is 1. The summed E-state index contributed by atoms with van der Waals surface area (Å²) in [7, 11) is 0. The molecule has 0 unspecified atom stereocenters. The Morgan fingerprint density at radius 2 is 1.49 bits per heavy atom. The number of furan rings is 2. The molecule has 5 nitrogen and oxygen atoms in total. The van der Waals surface area contributed by atoms with Crippen molar-refractivity contribution in [2.24, 2.45) is 0 Å². The van der Waals surface area contributed by atoms with Crippen LogP contribution in [0.2, 0.25) is 0 Å². The van der Waals surface area contributed by atoms with Gasteiger partial charge in [-0.15, -0.1) is 27.8 Å². The van der Waals surface area contributed by atoms with Gasteiger partial charge in [-0.1, -0.05) is 71.2 Å². The zero-order chi connectivity index (χ0) is 29.5. The molecule has 0 aliphatic heterocycles. The topological polar surface area (TPSA) is 65.0 Å². The lowest BCUT2D eigenvalue weighted by molar-refractivity contribution is 0.588. The number of para-hydroxylation sites is 2. The van der Waals surface area contributed by atoms with E-state index in [2.05, 4.69) is 88.4 Å². The molecule has 5 heterocycles. The summed E-state index contributed by atoms with van der Waals surface area (Å²) < 4.78 is 20.7. The summed E-state index contributed by atoms with van der Waals surface area (Å²) in [5, 5.41) is 9.86. The minimum absolute atomic E-state index is 0.796. The Balaban J connectivity index is 1.39. The van der Waals surface area contributed by atoms with E-state index in [0.29, 0.717) is 0 Å². The monoisotopic (exact) mass is 633 g/mol. The van der Waals surface area contributed by atoms with Crippen LogP contribution < -0.4 is 0 Å². The molecule has 10 rings (SSSR count). The molecule has 0 saturated carbocycles. The molecule has 0 atom stereocenters. The second-order valence-electron chi connectivity index (χ2n) is 10.9. The lowest BCUT2D eigenvalue weighted by Gasteiger charge is -2.12.